The van der Waals surface area contributed by atoms with Gasteiger partial charge in [-0.25, -0.2) is 0 Å². The standard InChI is InChI=1S/C16H26ClN3O/c1-11(2)9-20(10-16(18)21)14-6-5-13(15(17)7-14)8-19-12(3)4/h5-7,11-12,19H,8-10H2,1-4H3,(H2,18,21). The molecule has 0 bridgehead atoms. The number of rotatable bonds is 8. The van der Waals surface area contributed by atoms with Crippen molar-refractivity contribution in [3.05, 3.63) is 28.8 Å². The Balaban J connectivity index is 2.89. The van der Waals surface area contributed by atoms with Gasteiger partial charge in [0.2, 0.25) is 5.91 Å². The van der Waals surface area contributed by atoms with Gasteiger partial charge in [0.1, 0.15) is 0 Å². The second kappa shape index (κ2) is 8.25. The molecular weight excluding hydrogens is 286 g/mol. The maximum Gasteiger partial charge on any atom is 0.236 e. The predicted octanol–water partition coefficient (Wildman–Crippen LogP) is 2.79. The van der Waals surface area contributed by atoms with Crippen LogP contribution in [0.5, 0.6) is 0 Å². The number of nitrogens with zero attached hydrogens (tertiary/aromatic N) is 1. The molecule has 3 N–H and O–H groups in total. The normalized spacial score (nSPS) is 11.2. The molecular formula is C16H26ClN3O. The van der Waals surface area contributed by atoms with Crippen molar-refractivity contribution in [1.29, 1.82) is 0 Å². The molecule has 21 heavy (non-hydrogen) atoms. The molecule has 0 radical (unpaired) electrons. The van der Waals surface area contributed by atoms with Crippen LogP contribution in [0.3, 0.4) is 0 Å². The summed E-state index contributed by atoms with van der Waals surface area (Å²) in [6, 6.07) is 6.31. The van der Waals surface area contributed by atoms with Gasteiger partial charge in [0.25, 0.3) is 0 Å². The van der Waals surface area contributed by atoms with Gasteiger partial charge in [0.15, 0.2) is 0 Å². The third-order valence-corrected chi connectivity index (χ3v) is 3.39. The summed E-state index contributed by atoms with van der Waals surface area (Å²) in [5.74, 6) is 0.0998. The first-order valence-electron chi connectivity index (χ1n) is 7.34. The number of nitrogens with two attached hydrogens (primary N) is 1. The summed E-state index contributed by atoms with van der Waals surface area (Å²) < 4.78 is 0. The number of amides is 1. The maximum absolute atomic E-state index is 11.2. The molecule has 0 spiro atoms. The third-order valence-electron chi connectivity index (χ3n) is 3.03. The molecule has 0 saturated carbocycles. The summed E-state index contributed by atoms with van der Waals surface area (Å²) in [6.07, 6.45) is 0. The fourth-order valence-electron chi connectivity index (χ4n) is 2.08. The second-order valence-electron chi connectivity index (χ2n) is 6.05. The van der Waals surface area contributed by atoms with Crippen LogP contribution in [-0.2, 0) is 11.3 Å². The summed E-state index contributed by atoms with van der Waals surface area (Å²) in [7, 11) is 0. The highest BCUT2D eigenvalue weighted by molar-refractivity contribution is 6.31. The SMILES string of the molecule is CC(C)CN(CC(N)=O)c1ccc(CNC(C)C)c(Cl)c1. The highest BCUT2D eigenvalue weighted by atomic mass is 35.5. The summed E-state index contributed by atoms with van der Waals surface area (Å²) in [5.41, 5.74) is 7.32. The first kappa shape index (κ1) is 17.8. The fourth-order valence-corrected chi connectivity index (χ4v) is 2.32. The maximum atomic E-state index is 11.2. The van der Waals surface area contributed by atoms with E-state index in [0.717, 1.165) is 24.3 Å². The summed E-state index contributed by atoms with van der Waals surface area (Å²) in [4.78, 5) is 13.2. The summed E-state index contributed by atoms with van der Waals surface area (Å²) in [5, 5.41) is 4.05. The average Bonchev–Trinajstić information content (AvgIpc) is 2.35. The Bertz CT molecular complexity index is 475. The van der Waals surface area contributed by atoms with Crippen LogP contribution >= 0.6 is 11.6 Å². The van der Waals surface area contributed by atoms with E-state index in [2.05, 4.69) is 33.0 Å². The topological polar surface area (TPSA) is 58.4 Å². The van der Waals surface area contributed by atoms with Gasteiger partial charge in [-0.1, -0.05) is 45.4 Å². The third kappa shape index (κ3) is 6.36. The summed E-state index contributed by atoms with van der Waals surface area (Å²) >= 11 is 6.35. The zero-order valence-electron chi connectivity index (χ0n) is 13.3. The van der Waals surface area contributed by atoms with Gasteiger partial charge >= 0.3 is 0 Å². The van der Waals surface area contributed by atoms with E-state index < -0.39 is 0 Å². The lowest BCUT2D eigenvalue weighted by atomic mass is 10.1. The van der Waals surface area contributed by atoms with Crippen LogP contribution < -0.4 is 16.0 Å². The molecule has 0 aliphatic heterocycles. The predicted molar refractivity (Wildman–Crippen MR) is 89.7 cm³/mol. The van der Waals surface area contributed by atoms with Crippen molar-refractivity contribution in [1.82, 2.24) is 5.32 Å². The van der Waals surface area contributed by atoms with Crippen molar-refractivity contribution < 1.29 is 4.79 Å². The largest absolute Gasteiger partial charge is 0.368 e. The highest BCUT2D eigenvalue weighted by Gasteiger charge is 2.13. The van der Waals surface area contributed by atoms with Crippen LogP contribution in [0.15, 0.2) is 18.2 Å². The molecule has 0 aromatic heterocycles. The number of hydrogen-bond acceptors (Lipinski definition) is 3. The number of hydrogen-bond donors (Lipinski definition) is 2. The minimum absolute atomic E-state index is 0.206. The van der Waals surface area contributed by atoms with E-state index in [0.29, 0.717) is 17.0 Å². The molecule has 1 amide bonds. The van der Waals surface area contributed by atoms with Crippen molar-refractivity contribution in [2.24, 2.45) is 11.7 Å². The molecule has 0 atom stereocenters. The van der Waals surface area contributed by atoms with Gasteiger partial charge < -0.3 is 16.0 Å². The van der Waals surface area contributed by atoms with E-state index in [-0.39, 0.29) is 12.5 Å². The Morgan fingerprint density at radius 3 is 2.48 bits per heavy atom. The van der Waals surface area contributed by atoms with Crippen LogP contribution in [0.25, 0.3) is 0 Å². The van der Waals surface area contributed by atoms with Crippen LogP contribution in [-0.4, -0.2) is 25.0 Å². The Kier molecular flexibility index (Phi) is 6.99. The molecule has 1 rings (SSSR count). The number of nitrogens with one attached hydrogen (secondary N) is 1. The molecule has 0 unspecified atom stereocenters. The Hall–Kier alpha value is -1.26. The Morgan fingerprint density at radius 2 is 2.00 bits per heavy atom. The van der Waals surface area contributed by atoms with E-state index in [4.69, 9.17) is 17.3 Å². The summed E-state index contributed by atoms with van der Waals surface area (Å²) in [6.45, 7) is 10.1. The monoisotopic (exact) mass is 311 g/mol. The van der Waals surface area contributed by atoms with Gasteiger partial charge in [-0.15, -0.1) is 0 Å². The van der Waals surface area contributed by atoms with Crippen LogP contribution in [0.4, 0.5) is 5.69 Å². The zero-order chi connectivity index (χ0) is 16.0. The molecule has 4 nitrogen and oxygen atoms in total. The van der Waals surface area contributed by atoms with E-state index >= 15 is 0 Å². The fraction of sp³-hybridized carbons (Fsp3) is 0.562. The molecule has 1 aromatic carbocycles. The first-order valence-corrected chi connectivity index (χ1v) is 7.72. The van der Waals surface area contributed by atoms with Crippen molar-refractivity contribution >= 4 is 23.2 Å². The molecule has 0 aliphatic rings. The Labute approximate surface area is 132 Å². The van der Waals surface area contributed by atoms with Crippen molar-refractivity contribution in [3.8, 4) is 0 Å². The molecule has 0 saturated heterocycles. The minimum Gasteiger partial charge on any atom is -0.368 e. The molecule has 118 valence electrons. The molecule has 5 heteroatoms. The van der Waals surface area contributed by atoms with Crippen molar-refractivity contribution in [2.45, 2.75) is 40.3 Å². The molecule has 0 aliphatic carbocycles. The van der Waals surface area contributed by atoms with Crippen molar-refractivity contribution in [2.75, 3.05) is 18.0 Å². The number of halogens is 1. The van der Waals surface area contributed by atoms with Gasteiger partial charge in [-0.3, -0.25) is 4.79 Å². The van der Waals surface area contributed by atoms with Gasteiger partial charge in [0, 0.05) is 29.8 Å². The lowest BCUT2D eigenvalue weighted by molar-refractivity contribution is -0.116. The number of carbonyl (C=O) groups is 1. The number of anilines is 1. The minimum atomic E-state index is -0.336. The number of primary amides is 1. The van der Waals surface area contributed by atoms with E-state index in [1.807, 2.05) is 23.1 Å². The molecule has 0 heterocycles. The zero-order valence-corrected chi connectivity index (χ0v) is 14.1. The number of carbonyl (C=O) groups excluding carboxylic acids is 1. The van der Waals surface area contributed by atoms with Gasteiger partial charge in [-0.05, 0) is 23.6 Å². The van der Waals surface area contributed by atoms with Crippen LogP contribution in [0, 0.1) is 5.92 Å². The average molecular weight is 312 g/mol. The lowest BCUT2D eigenvalue weighted by Crippen LogP contribution is -2.36. The lowest BCUT2D eigenvalue weighted by Gasteiger charge is -2.26. The van der Waals surface area contributed by atoms with Crippen molar-refractivity contribution in [3.63, 3.8) is 0 Å². The van der Waals surface area contributed by atoms with E-state index in [1.54, 1.807) is 0 Å². The number of benzene rings is 1. The molecule has 1 aromatic rings. The Morgan fingerprint density at radius 1 is 1.33 bits per heavy atom. The van der Waals surface area contributed by atoms with E-state index in [9.17, 15) is 4.79 Å². The van der Waals surface area contributed by atoms with Crippen LogP contribution in [0.1, 0.15) is 33.3 Å². The molecule has 0 fully saturated rings. The highest BCUT2D eigenvalue weighted by Crippen LogP contribution is 2.24. The quantitative estimate of drug-likeness (QED) is 0.776. The van der Waals surface area contributed by atoms with E-state index in [1.165, 1.54) is 0 Å². The second-order valence-corrected chi connectivity index (χ2v) is 6.46. The van der Waals surface area contributed by atoms with Gasteiger partial charge in [-0.2, -0.15) is 0 Å². The van der Waals surface area contributed by atoms with Gasteiger partial charge in [0.05, 0.1) is 6.54 Å². The first-order chi connectivity index (χ1) is 9.79. The smallest absolute Gasteiger partial charge is 0.236 e. The van der Waals surface area contributed by atoms with Crippen LogP contribution in [0.2, 0.25) is 5.02 Å².